The molecule has 0 unspecified atom stereocenters. The molecule has 0 saturated carbocycles. The molecule has 0 N–H and O–H groups in total. The Balaban J connectivity index is 0. The van der Waals surface area contributed by atoms with Crippen LogP contribution in [-0.4, -0.2) is 10.7 Å². The van der Waals surface area contributed by atoms with Crippen molar-refractivity contribution in [2.45, 2.75) is 381 Å². The molecule has 0 aliphatic rings. The Bertz CT molecular complexity index is 1780. The summed E-state index contributed by atoms with van der Waals surface area (Å²) in [5.41, 5.74) is 16.5. The van der Waals surface area contributed by atoms with Gasteiger partial charge in [-0.05, 0) is 91.7 Å². The third kappa shape index (κ3) is 56.3. The van der Waals surface area contributed by atoms with Gasteiger partial charge in [0.05, 0.1) is 5.57 Å². The summed E-state index contributed by atoms with van der Waals surface area (Å²) >= 11 is 0. The summed E-state index contributed by atoms with van der Waals surface area (Å²) in [5, 5.41) is 0. The van der Waals surface area contributed by atoms with Gasteiger partial charge >= 0.3 is 26.3 Å². The Labute approximate surface area is 527 Å². The van der Waals surface area contributed by atoms with Gasteiger partial charge in [0, 0.05) is 0 Å². The minimum absolute atomic E-state index is 0. The summed E-state index contributed by atoms with van der Waals surface area (Å²) in [4.78, 5) is 3.25. The third-order valence-corrected chi connectivity index (χ3v) is 16.6. The van der Waals surface area contributed by atoms with Crippen LogP contribution in [0, 0.1) is 24.7 Å². The van der Waals surface area contributed by atoms with Crippen LogP contribution in [0.15, 0.2) is 60.2 Å². The van der Waals surface area contributed by atoms with E-state index in [9.17, 15) is 5.53 Å². The molecule has 0 aliphatic heterocycles. The Kier molecular flexibility index (Phi) is 68.2. The number of hydrogen-bond donors (Lipinski definition) is 0. The van der Waals surface area contributed by atoms with Gasteiger partial charge in [-0.3, -0.25) is 0 Å². The van der Waals surface area contributed by atoms with Gasteiger partial charge in [0.1, 0.15) is 0 Å². The maximum absolute atomic E-state index is 9.21. The molecule has 0 saturated heterocycles. The van der Waals surface area contributed by atoms with Crippen LogP contribution in [-0.2, 0) is 33.3 Å². The van der Waals surface area contributed by atoms with Gasteiger partial charge in [-0.2, -0.15) is 0 Å². The molecule has 0 amide bonds. The number of benzene rings is 2. The second-order valence-electron chi connectivity index (χ2n) is 24.3. The summed E-state index contributed by atoms with van der Waals surface area (Å²) < 4.78 is 0. The average Bonchev–Trinajstić information content (AvgIpc) is 3.55. The Morgan fingerprint density at radius 3 is 0.963 bits per heavy atom. The first-order valence-corrected chi connectivity index (χ1v) is 35.7. The fraction of sp³-hybridized carbons (Fsp3) is 0.747. The van der Waals surface area contributed by atoms with Gasteiger partial charge < -0.3 is 30.2 Å². The van der Waals surface area contributed by atoms with Crippen molar-refractivity contribution in [2.24, 2.45) is 0 Å². The van der Waals surface area contributed by atoms with Crippen molar-refractivity contribution in [3.05, 3.63) is 101 Å². The van der Waals surface area contributed by atoms with E-state index in [2.05, 4.69) is 112 Å². The quantitative estimate of drug-likeness (QED) is 0.00925. The molecule has 0 heterocycles. The fourth-order valence-electron chi connectivity index (χ4n) is 11.2. The Morgan fingerprint density at radius 1 is 0.378 bits per heavy atom. The van der Waals surface area contributed by atoms with Crippen molar-refractivity contribution in [3.63, 3.8) is 0 Å². The molecule has 82 heavy (non-hydrogen) atoms. The number of hydrogen-bond acceptors (Lipinski definition) is 0. The largest absolute Gasteiger partial charge is 2.00 e. The number of aryl methyl sites for hydroxylation is 2. The predicted octanol–water partition coefficient (Wildman–Crippen LogP) is 26.6. The van der Waals surface area contributed by atoms with E-state index in [1.165, 1.54) is 336 Å². The van der Waals surface area contributed by atoms with Gasteiger partial charge in [-0.1, -0.05) is 372 Å². The monoisotopic (exact) mass is 1210 g/mol. The van der Waals surface area contributed by atoms with E-state index >= 15 is 0 Å². The molecule has 2 aromatic rings. The third-order valence-electron chi connectivity index (χ3n) is 16.6. The van der Waals surface area contributed by atoms with Gasteiger partial charge in [-0.15, -0.1) is 4.79 Å². The predicted molar refractivity (Wildman–Crippen MR) is 362 cm³/mol. The topological polar surface area (TPSA) is 36.4 Å². The van der Waals surface area contributed by atoms with Crippen LogP contribution in [0.1, 0.15) is 391 Å². The Morgan fingerprint density at radius 2 is 0.659 bits per heavy atom. The van der Waals surface area contributed by atoms with E-state index in [1.807, 2.05) is 0 Å². The molecule has 0 spiro atoms. The van der Waals surface area contributed by atoms with Gasteiger partial charge in [0.2, 0.25) is 0 Å². The van der Waals surface area contributed by atoms with E-state index in [0.717, 1.165) is 44.1 Å². The zero-order valence-corrected chi connectivity index (χ0v) is 56.6. The second kappa shape index (κ2) is 68.9. The molecule has 3 heteroatoms. The zero-order valence-electron chi connectivity index (χ0n) is 55.1. The normalized spacial score (nSPS) is 10.8. The van der Waals surface area contributed by atoms with Crippen molar-refractivity contribution < 1.29 is 25.2 Å². The van der Waals surface area contributed by atoms with E-state index in [1.54, 1.807) is 0 Å². The van der Waals surface area contributed by atoms with Crippen molar-refractivity contribution in [2.75, 3.05) is 0 Å². The van der Waals surface area contributed by atoms with E-state index in [4.69, 9.17) is 12.8 Å². The molecule has 0 aliphatic carbocycles. The smallest absolute Gasteiger partial charge is 0.694 e. The van der Waals surface area contributed by atoms with Crippen molar-refractivity contribution in [1.29, 1.82) is 0 Å². The second-order valence-corrected chi connectivity index (χ2v) is 24.3. The zero-order chi connectivity index (χ0) is 58.8. The molecule has 0 fully saturated rings. The summed E-state index contributed by atoms with van der Waals surface area (Å²) in [6.07, 6.45) is 88.9. The first kappa shape index (κ1) is 81.2. The summed E-state index contributed by atoms with van der Waals surface area (Å²) in [6, 6.07) is 17.8. The van der Waals surface area contributed by atoms with Crippen LogP contribution >= 0.6 is 0 Å². The van der Waals surface area contributed by atoms with Crippen molar-refractivity contribution >= 4 is 11.4 Å². The van der Waals surface area contributed by atoms with Gasteiger partial charge in [0.25, 0.3) is 0 Å². The van der Waals surface area contributed by atoms with E-state index in [0.29, 0.717) is 0 Å². The van der Waals surface area contributed by atoms with Gasteiger partial charge in [0.15, 0.2) is 0 Å². The maximum atomic E-state index is 9.21. The minimum Gasteiger partial charge on any atom is -0.694 e. The number of rotatable bonds is 55. The minimum atomic E-state index is 0. The molecule has 2 nitrogen and oxygen atoms in total. The van der Waals surface area contributed by atoms with E-state index < -0.39 is 0 Å². The van der Waals surface area contributed by atoms with Crippen molar-refractivity contribution in [1.82, 2.24) is 0 Å². The molecule has 0 radical (unpaired) electrons. The van der Waals surface area contributed by atoms with Crippen LogP contribution in [0.25, 0.3) is 11.1 Å². The number of nitrogens with zero attached hydrogens (tertiary/aromatic N) is 2. The van der Waals surface area contributed by atoms with Crippen LogP contribution in [0.4, 0.5) is 0 Å². The first-order valence-electron chi connectivity index (χ1n) is 35.7. The van der Waals surface area contributed by atoms with Crippen LogP contribution in [0.3, 0.4) is 0 Å². The Hall–Kier alpha value is -2.88. The maximum Gasteiger partial charge on any atom is 2.00 e. The van der Waals surface area contributed by atoms with Crippen LogP contribution in [0.5, 0.6) is 0 Å². The standard InChI is InChI=1S/C31H42N2.2C24H45.Pd/c1-4-7-9-10-11-13-16-27-19-15-21-30(23-27)31(29-20-14-18-26(6-3)22-29)24-28(25-33-32)17-12-8-5-2;2*1-3-5-7-9-11-13-15-17-19-21-23-24-22-20-18-16-14-12-10-8-6-4-2;/h14-15,18-24H,4-13,16-17H2,1-3H3;2*3,5-24H2,1H3;/q;2*-1;+2. The van der Waals surface area contributed by atoms with Crippen LogP contribution in [0.2, 0.25) is 0 Å². The molecule has 468 valence electrons. The average molecular weight is 1220 g/mol. The van der Waals surface area contributed by atoms with Crippen molar-refractivity contribution in [3.8, 4) is 11.8 Å². The molecule has 2 aromatic carbocycles. The summed E-state index contributed by atoms with van der Waals surface area (Å²) in [5.74, 6) is 7.79. The number of unbranched alkanes of at least 4 members (excludes halogenated alkanes) is 47. The molecule has 0 aromatic heterocycles. The van der Waals surface area contributed by atoms with Crippen LogP contribution < -0.4 is 0 Å². The first-order chi connectivity index (χ1) is 40.0. The van der Waals surface area contributed by atoms with Gasteiger partial charge in [-0.25, -0.2) is 0 Å². The molecule has 2 rings (SSSR count). The summed E-state index contributed by atoms with van der Waals surface area (Å²) in [6.45, 7) is 11.3. The van der Waals surface area contributed by atoms with E-state index in [-0.39, 0.29) is 20.4 Å². The SMILES string of the molecule is CCCCCCCCc1cccc(C(=CC(=C=[N+]=[N-])CCCCC)c2cccc(CC)c2)c1.[C-]#CCCCCCCCCCCCCCCCCCCCCCC.[C-]#CCCCCCCCCCCCCCCCCCCCCCC.[Pd+2]. The molecule has 0 atom stereocenters. The fourth-order valence-corrected chi connectivity index (χ4v) is 11.2. The molecular weight excluding hydrogens is 1080 g/mol. The molecule has 0 bridgehead atoms. The molecular formula is C79H132N2Pd. The number of allylic oxidation sites excluding steroid dienone is 2. The summed E-state index contributed by atoms with van der Waals surface area (Å²) in [7, 11) is 0.